The predicted octanol–water partition coefficient (Wildman–Crippen LogP) is 2.11. The fraction of sp³-hybridized carbons (Fsp3) is 1.00. The van der Waals surface area contributed by atoms with E-state index in [1.807, 2.05) is 0 Å². The normalized spacial score (nSPS) is 19.7. The summed E-state index contributed by atoms with van der Waals surface area (Å²) in [5.74, 6) is 1.03. The minimum Gasteiger partial charge on any atom is -0.314 e. The Balaban J connectivity index is 1.89. The van der Waals surface area contributed by atoms with Crippen LogP contribution in [0.25, 0.3) is 0 Å². The van der Waals surface area contributed by atoms with Gasteiger partial charge in [0, 0.05) is 6.04 Å². The number of rotatable bonds is 7. The fourth-order valence-corrected chi connectivity index (χ4v) is 2.06. The van der Waals surface area contributed by atoms with Crippen molar-refractivity contribution in [3.63, 3.8) is 0 Å². The maximum atomic E-state index is 3.61. The molecule has 0 amide bonds. The van der Waals surface area contributed by atoms with Crippen molar-refractivity contribution in [2.45, 2.75) is 45.1 Å². The van der Waals surface area contributed by atoms with Gasteiger partial charge in [-0.15, -0.1) is 0 Å². The molecule has 1 aliphatic rings. The second-order valence-corrected chi connectivity index (χ2v) is 5.04. The summed E-state index contributed by atoms with van der Waals surface area (Å²) >= 11 is 0. The molecule has 1 saturated carbocycles. The molecule has 1 N–H and O–H groups in total. The third-order valence-corrected chi connectivity index (χ3v) is 3.19. The maximum Gasteiger partial charge on any atom is 0.00413 e. The van der Waals surface area contributed by atoms with Crippen LogP contribution < -0.4 is 5.32 Å². The van der Waals surface area contributed by atoms with Crippen LogP contribution in [0, 0.1) is 5.92 Å². The van der Waals surface area contributed by atoms with Crippen molar-refractivity contribution in [1.82, 2.24) is 10.2 Å². The molecule has 0 saturated heterocycles. The average molecular weight is 198 g/mol. The van der Waals surface area contributed by atoms with Gasteiger partial charge in [-0.05, 0) is 52.9 Å². The van der Waals surface area contributed by atoms with E-state index in [1.54, 1.807) is 0 Å². The highest BCUT2D eigenvalue weighted by Gasteiger charge is 2.19. The quantitative estimate of drug-likeness (QED) is 0.630. The van der Waals surface area contributed by atoms with E-state index in [2.05, 4.69) is 31.2 Å². The fourth-order valence-electron chi connectivity index (χ4n) is 2.06. The molecule has 0 radical (unpaired) electrons. The zero-order valence-corrected chi connectivity index (χ0v) is 10.1. The molecule has 0 aliphatic heterocycles. The van der Waals surface area contributed by atoms with Crippen LogP contribution in [0.4, 0.5) is 0 Å². The molecule has 2 heteroatoms. The van der Waals surface area contributed by atoms with Crippen LogP contribution >= 0.6 is 0 Å². The van der Waals surface area contributed by atoms with Crippen LogP contribution in [0.15, 0.2) is 0 Å². The first kappa shape index (κ1) is 12.0. The summed E-state index contributed by atoms with van der Waals surface area (Å²) < 4.78 is 0. The van der Waals surface area contributed by atoms with Crippen molar-refractivity contribution in [2.24, 2.45) is 5.92 Å². The lowest BCUT2D eigenvalue weighted by atomic mass is 9.81. The van der Waals surface area contributed by atoms with E-state index in [0.717, 1.165) is 12.0 Å². The van der Waals surface area contributed by atoms with Crippen molar-refractivity contribution in [1.29, 1.82) is 0 Å². The van der Waals surface area contributed by atoms with Crippen LogP contribution in [-0.4, -0.2) is 38.1 Å². The summed E-state index contributed by atoms with van der Waals surface area (Å²) in [5, 5.41) is 3.61. The molecule has 0 spiro atoms. The Labute approximate surface area is 89.1 Å². The second-order valence-electron chi connectivity index (χ2n) is 5.04. The highest BCUT2D eigenvalue weighted by Crippen LogP contribution is 2.30. The van der Waals surface area contributed by atoms with E-state index in [1.165, 1.54) is 45.2 Å². The van der Waals surface area contributed by atoms with Gasteiger partial charge in [0.2, 0.25) is 0 Å². The Morgan fingerprint density at radius 2 is 2.07 bits per heavy atom. The van der Waals surface area contributed by atoms with Crippen molar-refractivity contribution in [3.05, 3.63) is 0 Å². The van der Waals surface area contributed by atoms with Crippen LogP contribution in [-0.2, 0) is 0 Å². The summed E-state index contributed by atoms with van der Waals surface area (Å²) in [4.78, 5) is 2.25. The standard InChI is InChI=1S/C12H26N2/c1-11(10-12-6-4-7-12)13-8-5-9-14(2)3/h11-13H,4-10H2,1-3H3. The van der Waals surface area contributed by atoms with E-state index >= 15 is 0 Å². The van der Waals surface area contributed by atoms with Crippen LogP contribution in [0.1, 0.15) is 39.0 Å². The van der Waals surface area contributed by atoms with Gasteiger partial charge >= 0.3 is 0 Å². The van der Waals surface area contributed by atoms with Gasteiger partial charge in [0.15, 0.2) is 0 Å². The van der Waals surface area contributed by atoms with E-state index in [-0.39, 0.29) is 0 Å². The first-order chi connectivity index (χ1) is 6.68. The number of nitrogens with zero attached hydrogens (tertiary/aromatic N) is 1. The number of hydrogen-bond acceptors (Lipinski definition) is 2. The Hall–Kier alpha value is -0.0800. The van der Waals surface area contributed by atoms with Crippen LogP contribution in [0.2, 0.25) is 0 Å². The Morgan fingerprint density at radius 1 is 1.36 bits per heavy atom. The summed E-state index contributed by atoms with van der Waals surface area (Å²) in [6.45, 7) is 4.70. The molecule has 84 valence electrons. The van der Waals surface area contributed by atoms with E-state index < -0.39 is 0 Å². The molecule has 0 heterocycles. The van der Waals surface area contributed by atoms with Gasteiger partial charge in [0.1, 0.15) is 0 Å². The Bertz CT molecular complexity index is 141. The summed E-state index contributed by atoms with van der Waals surface area (Å²) in [5.41, 5.74) is 0. The average Bonchev–Trinajstić information content (AvgIpc) is 2.05. The van der Waals surface area contributed by atoms with E-state index in [0.29, 0.717) is 0 Å². The molecule has 1 rings (SSSR count). The van der Waals surface area contributed by atoms with Gasteiger partial charge in [-0.2, -0.15) is 0 Å². The zero-order valence-electron chi connectivity index (χ0n) is 10.1. The van der Waals surface area contributed by atoms with Crippen molar-refractivity contribution in [3.8, 4) is 0 Å². The molecule has 2 nitrogen and oxygen atoms in total. The SMILES string of the molecule is CC(CC1CCC1)NCCCN(C)C. The highest BCUT2D eigenvalue weighted by atomic mass is 15.1. The third kappa shape index (κ3) is 4.97. The van der Waals surface area contributed by atoms with Crippen molar-refractivity contribution < 1.29 is 0 Å². The lowest BCUT2D eigenvalue weighted by molar-refractivity contribution is 0.264. The molecular weight excluding hydrogens is 172 g/mol. The van der Waals surface area contributed by atoms with Crippen molar-refractivity contribution in [2.75, 3.05) is 27.2 Å². The van der Waals surface area contributed by atoms with Gasteiger partial charge in [-0.1, -0.05) is 19.3 Å². The molecule has 14 heavy (non-hydrogen) atoms. The van der Waals surface area contributed by atoms with E-state index in [9.17, 15) is 0 Å². The van der Waals surface area contributed by atoms with E-state index in [4.69, 9.17) is 0 Å². The molecule has 1 atom stereocenters. The smallest absolute Gasteiger partial charge is 0.00413 e. The maximum absolute atomic E-state index is 3.61. The Kier molecular flexibility index (Phi) is 5.49. The van der Waals surface area contributed by atoms with Gasteiger partial charge in [0.25, 0.3) is 0 Å². The van der Waals surface area contributed by atoms with Gasteiger partial charge in [-0.3, -0.25) is 0 Å². The lowest BCUT2D eigenvalue weighted by Crippen LogP contribution is -2.32. The molecule has 0 aromatic carbocycles. The summed E-state index contributed by atoms with van der Waals surface area (Å²) in [6.07, 6.45) is 7.08. The molecule has 0 bridgehead atoms. The van der Waals surface area contributed by atoms with Crippen molar-refractivity contribution >= 4 is 0 Å². The topological polar surface area (TPSA) is 15.3 Å². The van der Waals surface area contributed by atoms with Gasteiger partial charge < -0.3 is 10.2 Å². The van der Waals surface area contributed by atoms with Crippen LogP contribution in [0.5, 0.6) is 0 Å². The third-order valence-electron chi connectivity index (χ3n) is 3.19. The number of hydrogen-bond donors (Lipinski definition) is 1. The molecule has 1 fully saturated rings. The minimum absolute atomic E-state index is 0.725. The largest absolute Gasteiger partial charge is 0.314 e. The molecule has 0 aromatic rings. The highest BCUT2D eigenvalue weighted by molar-refractivity contribution is 4.74. The molecule has 0 aromatic heterocycles. The lowest BCUT2D eigenvalue weighted by Gasteiger charge is -2.28. The van der Waals surface area contributed by atoms with Gasteiger partial charge in [0.05, 0.1) is 0 Å². The van der Waals surface area contributed by atoms with Gasteiger partial charge in [-0.25, -0.2) is 0 Å². The zero-order chi connectivity index (χ0) is 10.4. The second kappa shape index (κ2) is 6.41. The molecular formula is C12H26N2. The molecule has 1 aliphatic carbocycles. The summed E-state index contributed by atoms with van der Waals surface area (Å²) in [6, 6.07) is 0.725. The first-order valence-corrected chi connectivity index (χ1v) is 6.06. The Morgan fingerprint density at radius 3 is 2.57 bits per heavy atom. The monoisotopic (exact) mass is 198 g/mol. The molecule has 1 unspecified atom stereocenters. The summed E-state index contributed by atoms with van der Waals surface area (Å²) in [7, 11) is 4.27. The minimum atomic E-state index is 0.725. The van der Waals surface area contributed by atoms with Crippen LogP contribution in [0.3, 0.4) is 0 Å². The predicted molar refractivity (Wildman–Crippen MR) is 62.6 cm³/mol. The first-order valence-electron chi connectivity index (χ1n) is 6.06. The number of nitrogens with one attached hydrogen (secondary N) is 1.